The Balaban J connectivity index is 1.49. The van der Waals surface area contributed by atoms with Gasteiger partial charge in [-0.25, -0.2) is 4.79 Å². The van der Waals surface area contributed by atoms with Gasteiger partial charge in [0.05, 0.1) is 13.2 Å². The molecule has 4 amide bonds. The normalized spacial score (nSPS) is 14.2. The Morgan fingerprint density at radius 3 is 2.10 bits per heavy atom. The summed E-state index contributed by atoms with van der Waals surface area (Å²) >= 11 is 0. The molecular weight excluding hydrogens is 627 g/mol. The fraction of sp³-hybridized carbons (Fsp3) is 0.571. The molecule has 1 aliphatic rings. The van der Waals surface area contributed by atoms with E-state index in [0.29, 0.717) is 44.1 Å². The van der Waals surface area contributed by atoms with Crippen molar-refractivity contribution in [1.29, 1.82) is 0 Å². The van der Waals surface area contributed by atoms with E-state index in [1.165, 1.54) is 12.1 Å². The predicted octanol–water partition coefficient (Wildman–Crippen LogP) is 6.22. The average molecular weight is 678 g/mol. The summed E-state index contributed by atoms with van der Waals surface area (Å²) < 4.78 is 47.2. The maximum atomic E-state index is 13.4. The van der Waals surface area contributed by atoms with Gasteiger partial charge in [-0.2, -0.15) is 0 Å². The number of ether oxygens (including phenoxy) is 2. The first-order chi connectivity index (χ1) is 22.6. The number of anilines is 1. The minimum atomic E-state index is -4.80. The zero-order chi connectivity index (χ0) is 35.4. The number of amides is 4. The zero-order valence-electron chi connectivity index (χ0n) is 28.4. The van der Waals surface area contributed by atoms with Gasteiger partial charge < -0.3 is 36.1 Å². The Hall–Kier alpha value is -3.84. The summed E-state index contributed by atoms with van der Waals surface area (Å²) in [5, 5.41) is 8.47. The molecule has 0 aliphatic heterocycles. The zero-order valence-corrected chi connectivity index (χ0v) is 28.4. The first-order valence-corrected chi connectivity index (χ1v) is 16.4. The van der Waals surface area contributed by atoms with Crippen LogP contribution in [0.1, 0.15) is 82.1 Å². The van der Waals surface area contributed by atoms with Crippen molar-refractivity contribution in [3.63, 3.8) is 0 Å². The molecule has 0 saturated heterocycles. The van der Waals surface area contributed by atoms with E-state index in [9.17, 15) is 27.6 Å². The quantitative estimate of drug-likeness (QED) is 0.167. The summed E-state index contributed by atoms with van der Waals surface area (Å²) in [6.45, 7) is 10.5. The lowest BCUT2D eigenvalue weighted by atomic mass is 9.93. The highest BCUT2D eigenvalue weighted by Crippen LogP contribution is 2.27. The number of hydrogen-bond acceptors (Lipinski definition) is 6. The number of rotatable bonds is 16. The molecule has 0 spiro atoms. The van der Waals surface area contributed by atoms with Crippen LogP contribution >= 0.6 is 0 Å². The van der Waals surface area contributed by atoms with Gasteiger partial charge in [0.2, 0.25) is 5.91 Å². The number of carbonyl (C=O) groups is 3. The number of nitrogens with two attached hydrogens (primary N) is 1. The summed E-state index contributed by atoms with van der Waals surface area (Å²) in [6, 6.07) is 11.6. The molecule has 1 saturated carbocycles. The highest BCUT2D eigenvalue weighted by Gasteiger charge is 2.31. The van der Waals surface area contributed by atoms with E-state index >= 15 is 0 Å². The van der Waals surface area contributed by atoms with Crippen LogP contribution in [-0.4, -0.2) is 68.0 Å². The third-order valence-corrected chi connectivity index (χ3v) is 8.12. The van der Waals surface area contributed by atoms with Gasteiger partial charge in [-0.15, -0.1) is 13.2 Å². The molecule has 2 aromatic carbocycles. The van der Waals surface area contributed by atoms with Crippen LogP contribution in [-0.2, 0) is 16.1 Å². The molecule has 0 aromatic heterocycles. The van der Waals surface area contributed by atoms with Gasteiger partial charge in [0.1, 0.15) is 5.75 Å². The first-order valence-electron chi connectivity index (χ1n) is 16.4. The largest absolute Gasteiger partial charge is 0.573 e. The number of benzene rings is 2. The molecule has 5 N–H and O–H groups in total. The highest BCUT2D eigenvalue weighted by molar-refractivity contribution is 5.94. The van der Waals surface area contributed by atoms with Crippen molar-refractivity contribution in [2.45, 2.75) is 85.2 Å². The van der Waals surface area contributed by atoms with Gasteiger partial charge in [-0.1, -0.05) is 59.1 Å². The van der Waals surface area contributed by atoms with Crippen molar-refractivity contribution >= 4 is 23.5 Å². The van der Waals surface area contributed by atoms with Gasteiger partial charge >= 0.3 is 12.4 Å². The SMILES string of the molecule is CC(C)(CN)COCC(C)(C)CNC(=O)CCNC(=O)c1ccc(CN(C(=O)Nc2ccc(OC(F)(F)F)cc2)C2CCCCC2)cc1. The van der Waals surface area contributed by atoms with E-state index < -0.39 is 6.36 Å². The van der Waals surface area contributed by atoms with Crippen molar-refractivity contribution in [1.82, 2.24) is 15.5 Å². The predicted molar refractivity (Wildman–Crippen MR) is 178 cm³/mol. The summed E-state index contributed by atoms with van der Waals surface area (Å²) in [4.78, 5) is 40.3. The standard InChI is InChI=1S/C35H50F3N5O5/c1-33(2,21-39)23-47-24-34(3,4)22-41-30(44)18-19-40-31(45)26-12-10-25(11-13-26)20-43(28-8-6-5-7-9-28)32(46)42-27-14-16-29(17-15-27)48-35(36,37)38/h10-17,28H,5-9,18-24,39H2,1-4H3,(H,40,45)(H,41,44)(H,42,46). The fourth-order valence-electron chi connectivity index (χ4n) is 5.18. The number of carbonyl (C=O) groups excluding carboxylic acids is 3. The van der Waals surface area contributed by atoms with Gasteiger partial charge in [0, 0.05) is 54.2 Å². The fourth-order valence-corrected chi connectivity index (χ4v) is 5.18. The van der Waals surface area contributed by atoms with Gasteiger partial charge in [-0.05, 0) is 61.3 Å². The molecule has 13 heteroatoms. The number of nitrogens with zero attached hydrogens (tertiary/aromatic N) is 1. The van der Waals surface area contributed by atoms with Gasteiger partial charge in [0.25, 0.3) is 5.91 Å². The third-order valence-electron chi connectivity index (χ3n) is 8.12. The molecule has 0 unspecified atom stereocenters. The second-order valence-corrected chi connectivity index (χ2v) is 13.9. The Morgan fingerprint density at radius 2 is 1.50 bits per heavy atom. The Morgan fingerprint density at radius 1 is 0.875 bits per heavy atom. The Labute approximate surface area is 281 Å². The minimum Gasteiger partial charge on any atom is -0.406 e. The van der Waals surface area contributed by atoms with Crippen LogP contribution in [0.3, 0.4) is 0 Å². The van der Waals surface area contributed by atoms with Crippen LogP contribution in [0.4, 0.5) is 23.7 Å². The monoisotopic (exact) mass is 677 g/mol. The topological polar surface area (TPSA) is 135 Å². The van der Waals surface area contributed by atoms with Crippen LogP contribution in [0.15, 0.2) is 48.5 Å². The van der Waals surface area contributed by atoms with Crippen LogP contribution in [0.5, 0.6) is 5.75 Å². The molecule has 10 nitrogen and oxygen atoms in total. The molecule has 3 rings (SSSR count). The summed E-state index contributed by atoms with van der Waals surface area (Å²) in [6.07, 6.45) is 0.107. The molecule has 0 radical (unpaired) electrons. The van der Waals surface area contributed by atoms with Crippen LogP contribution in [0.2, 0.25) is 0 Å². The minimum absolute atomic E-state index is 0.00196. The van der Waals surface area contributed by atoms with Crippen molar-refractivity contribution in [3.05, 3.63) is 59.7 Å². The number of halogens is 3. The Bertz CT molecular complexity index is 1330. The molecular formula is C35H50F3N5O5. The second-order valence-electron chi connectivity index (χ2n) is 13.9. The van der Waals surface area contributed by atoms with Gasteiger partial charge in [-0.3, -0.25) is 9.59 Å². The summed E-state index contributed by atoms with van der Waals surface area (Å²) in [5.74, 6) is -0.862. The van der Waals surface area contributed by atoms with Crippen LogP contribution in [0, 0.1) is 10.8 Å². The van der Waals surface area contributed by atoms with Crippen molar-refractivity contribution in [3.8, 4) is 5.75 Å². The van der Waals surface area contributed by atoms with E-state index in [0.717, 1.165) is 49.8 Å². The van der Waals surface area contributed by atoms with Crippen molar-refractivity contribution in [2.24, 2.45) is 16.6 Å². The van der Waals surface area contributed by atoms with E-state index in [2.05, 4.69) is 20.7 Å². The molecule has 1 aliphatic carbocycles. The average Bonchev–Trinajstić information content (AvgIpc) is 3.03. The molecule has 1 fully saturated rings. The summed E-state index contributed by atoms with van der Waals surface area (Å²) in [7, 11) is 0. The molecule has 0 atom stereocenters. The number of hydrogen-bond donors (Lipinski definition) is 4. The van der Waals surface area contributed by atoms with E-state index in [-0.39, 0.29) is 53.4 Å². The maximum absolute atomic E-state index is 13.4. The smallest absolute Gasteiger partial charge is 0.406 e. The molecule has 48 heavy (non-hydrogen) atoms. The van der Waals surface area contributed by atoms with Crippen molar-refractivity contribution in [2.75, 3.05) is 38.2 Å². The number of nitrogens with one attached hydrogen (secondary N) is 3. The van der Waals surface area contributed by atoms with E-state index in [4.69, 9.17) is 10.5 Å². The second kappa shape index (κ2) is 17.5. The highest BCUT2D eigenvalue weighted by atomic mass is 19.4. The maximum Gasteiger partial charge on any atom is 0.573 e. The Kier molecular flexibility index (Phi) is 14.1. The lowest BCUT2D eigenvalue weighted by Crippen LogP contribution is -2.43. The number of alkyl halides is 3. The lowest BCUT2D eigenvalue weighted by Gasteiger charge is -2.34. The molecule has 0 bridgehead atoms. The van der Waals surface area contributed by atoms with Crippen LogP contribution in [0.25, 0.3) is 0 Å². The van der Waals surface area contributed by atoms with Gasteiger partial charge in [0.15, 0.2) is 0 Å². The third kappa shape index (κ3) is 13.7. The lowest BCUT2D eigenvalue weighted by molar-refractivity contribution is -0.274. The van der Waals surface area contributed by atoms with E-state index in [1.54, 1.807) is 29.2 Å². The first kappa shape index (κ1) is 38.6. The molecule has 0 heterocycles. The molecule has 266 valence electrons. The number of urea groups is 1. The van der Waals surface area contributed by atoms with Crippen molar-refractivity contribution < 1.29 is 37.0 Å². The summed E-state index contributed by atoms with van der Waals surface area (Å²) in [5.41, 5.74) is 6.96. The van der Waals surface area contributed by atoms with Crippen LogP contribution < -0.4 is 26.4 Å². The molecule has 2 aromatic rings. The van der Waals surface area contributed by atoms with E-state index in [1.807, 2.05) is 27.7 Å².